The summed E-state index contributed by atoms with van der Waals surface area (Å²) in [5.41, 5.74) is -0.267. The van der Waals surface area contributed by atoms with Gasteiger partial charge in [0.05, 0.1) is 5.41 Å². The highest BCUT2D eigenvalue weighted by atomic mass is 127. The number of piperidine rings is 1. The largest absolute Gasteiger partial charge is 0.417 e. The van der Waals surface area contributed by atoms with Crippen molar-refractivity contribution in [3.05, 3.63) is 71.0 Å². The SMILES string of the molecule is O=C(NC[C@H](Cc1ccc(F)cc1)N1CCC(O)(C(F)(F)F)CC1)C1(c2ccc(CI)cc2)CCCC1. The molecule has 0 unspecified atom stereocenters. The van der Waals surface area contributed by atoms with Crippen molar-refractivity contribution < 1.29 is 27.5 Å². The molecule has 37 heavy (non-hydrogen) atoms. The second-order valence-corrected chi connectivity index (χ2v) is 11.1. The van der Waals surface area contributed by atoms with Crippen LogP contribution >= 0.6 is 22.6 Å². The van der Waals surface area contributed by atoms with Crippen molar-refractivity contribution in [1.82, 2.24) is 10.2 Å². The monoisotopic (exact) mass is 632 g/mol. The predicted molar refractivity (Wildman–Crippen MR) is 143 cm³/mol. The minimum absolute atomic E-state index is 0.0554. The Morgan fingerprint density at radius 3 is 2.08 bits per heavy atom. The molecule has 0 radical (unpaired) electrons. The van der Waals surface area contributed by atoms with E-state index in [9.17, 15) is 27.5 Å². The lowest BCUT2D eigenvalue weighted by Crippen LogP contribution is -2.57. The Bertz CT molecular complexity index is 1050. The van der Waals surface area contributed by atoms with Gasteiger partial charge >= 0.3 is 6.18 Å². The molecule has 1 aliphatic heterocycles. The van der Waals surface area contributed by atoms with Crippen molar-refractivity contribution in [2.75, 3.05) is 19.6 Å². The van der Waals surface area contributed by atoms with Gasteiger partial charge in [-0.2, -0.15) is 13.2 Å². The van der Waals surface area contributed by atoms with Gasteiger partial charge in [-0.1, -0.05) is 71.8 Å². The number of likely N-dealkylation sites (tertiary alicyclic amines) is 1. The molecule has 1 heterocycles. The number of hydrogen-bond acceptors (Lipinski definition) is 3. The second kappa shape index (κ2) is 11.6. The van der Waals surface area contributed by atoms with Crippen LogP contribution in [0.2, 0.25) is 0 Å². The average Bonchev–Trinajstić information content (AvgIpc) is 3.39. The Kier molecular flexibility index (Phi) is 8.85. The van der Waals surface area contributed by atoms with Crippen molar-refractivity contribution in [2.24, 2.45) is 0 Å². The highest BCUT2D eigenvalue weighted by Gasteiger charge is 2.55. The molecule has 2 fully saturated rings. The van der Waals surface area contributed by atoms with Crippen molar-refractivity contribution in [3.8, 4) is 0 Å². The Balaban J connectivity index is 1.50. The first-order valence-corrected chi connectivity index (χ1v) is 14.3. The first kappa shape index (κ1) is 28.3. The number of nitrogens with one attached hydrogen (secondary N) is 1. The van der Waals surface area contributed by atoms with Gasteiger partial charge in [0.15, 0.2) is 5.60 Å². The topological polar surface area (TPSA) is 52.6 Å². The van der Waals surface area contributed by atoms with Gasteiger partial charge in [0.25, 0.3) is 0 Å². The van der Waals surface area contributed by atoms with E-state index in [-0.39, 0.29) is 37.4 Å². The van der Waals surface area contributed by atoms with E-state index in [1.807, 2.05) is 17.0 Å². The summed E-state index contributed by atoms with van der Waals surface area (Å²) in [5.74, 6) is -0.418. The van der Waals surface area contributed by atoms with Crippen LogP contribution in [0, 0.1) is 5.82 Å². The fourth-order valence-corrected chi connectivity index (χ4v) is 6.19. The molecule has 2 aromatic rings. The lowest BCUT2D eigenvalue weighted by Gasteiger charge is -2.42. The van der Waals surface area contributed by atoms with Gasteiger partial charge in [0, 0.05) is 30.1 Å². The third-order valence-corrected chi connectivity index (χ3v) is 8.99. The van der Waals surface area contributed by atoms with E-state index in [0.29, 0.717) is 6.42 Å². The molecule has 202 valence electrons. The molecule has 2 aromatic carbocycles. The highest BCUT2D eigenvalue weighted by molar-refractivity contribution is 14.1. The molecule has 1 saturated heterocycles. The Morgan fingerprint density at radius 1 is 0.973 bits per heavy atom. The minimum atomic E-state index is -4.68. The summed E-state index contributed by atoms with van der Waals surface area (Å²) < 4.78 is 54.4. The molecule has 0 bridgehead atoms. The minimum Gasteiger partial charge on any atom is -0.380 e. The molecular weight excluding hydrogens is 599 g/mol. The first-order chi connectivity index (χ1) is 17.6. The van der Waals surface area contributed by atoms with Crippen LogP contribution in [-0.2, 0) is 21.1 Å². The van der Waals surface area contributed by atoms with E-state index < -0.39 is 30.0 Å². The number of rotatable bonds is 8. The van der Waals surface area contributed by atoms with Gasteiger partial charge in [-0.05, 0) is 60.9 Å². The van der Waals surface area contributed by atoms with Crippen LogP contribution in [0.15, 0.2) is 48.5 Å². The van der Waals surface area contributed by atoms with Crippen molar-refractivity contribution in [1.29, 1.82) is 0 Å². The molecule has 1 saturated carbocycles. The summed E-state index contributed by atoms with van der Waals surface area (Å²) in [5, 5.41) is 13.3. The van der Waals surface area contributed by atoms with Gasteiger partial charge in [-0.15, -0.1) is 0 Å². The number of halogens is 5. The zero-order valence-corrected chi connectivity index (χ0v) is 22.8. The van der Waals surface area contributed by atoms with Crippen molar-refractivity contribution in [3.63, 3.8) is 0 Å². The Morgan fingerprint density at radius 2 is 1.54 bits per heavy atom. The van der Waals surface area contributed by atoms with Crippen LogP contribution in [0.25, 0.3) is 0 Å². The summed E-state index contributed by atoms with van der Waals surface area (Å²) in [6, 6.07) is 13.9. The van der Waals surface area contributed by atoms with E-state index in [4.69, 9.17) is 0 Å². The van der Waals surface area contributed by atoms with E-state index >= 15 is 0 Å². The number of benzene rings is 2. The lowest BCUT2D eigenvalue weighted by molar-refractivity contribution is -0.273. The smallest absolute Gasteiger partial charge is 0.380 e. The molecule has 4 nitrogen and oxygen atoms in total. The number of carbonyl (C=O) groups excluding carboxylic acids is 1. The maximum atomic E-state index is 13.7. The number of carbonyl (C=O) groups is 1. The van der Waals surface area contributed by atoms with Gasteiger partial charge in [0.2, 0.25) is 5.91 Å². The van der Waals surface area contributed by atoms with E-state index in [2.05, 4.69) is 40.0 Å². The fourth-order valence-electron chi connectivity index (χ4n) is 5.68. The standard InChI is InChI=1S/C28H33F4IN2O2/c29-23-9-5-20(6-10-23)17-24(35-15-13-27(37,14-16-35)28(30,31)32)19-34-25(36)26(11-1-2-12-26)22-7-3-21(18-33)4-8-22/h3-10,24,37H,1-2,11-19H2,(H,34,36)/t24-/m0/s1. The molecule has 0 spiro atoms. The zero-order valence-electron chi connectivity index (χ0n) is 20.7. The number of aliphatic hydroxyl groups is 1. The molecule has 2 aliphatic rings. The fraction of sp³-hybridized carbons (Fsp3) is 0.536. The number of alkyl halides is 4. The Hall–Kier alpha value is -1.72. The summed E-state index contributed by atoms with van der Waals surface area (Å²) in [6.07, 6.45) is -1.63. The Labute approximate surface area is 229 Å². The molecule has 4 rings (SSSR count). The van der Waals surface area contributed by atoms with Crippen LogP contribution in [0.4, 0.5) is 17.6 Å². The summed E-state index contributed by atoms with van der Waals surface area (Å²) >= 11 is 2.31. The van der Waals surface area contributed by atoms with Gasteiger partial charge in [-0.25, -0.2) is 4.39 Å². The number of nitrogens with zero attached hydrogens (tertiary/aromatic N) is 1. The van der Waals surface area contributed by atoms with Crippen molar-refractivity contribution in [2.45, 2.75) is 72.6 Å². The molecule has 1 aliphatic carbocycles. The van der Waals surface area contributed by atoms with E-state index in [1.54, 1.807) is 12.1 Å². The summed E-state index contributed by atoms with van der Waals surface area (Å²) in [4.78, 5) is 15.6. The third kappa shape index (κ3) is 6.30. The first-order valence-electron chi connectivity index (χ1n) is 12.8. The normalized spacial score (nSPS) is 20.5. The highest BCUT2D eigenvalue weighted by Crippen LogP contribution is 2.42. The summed E-state index contributed by atoms with van der Waals surface area (Å²) in [6.45, 7) is 0.371. The van der Waals surface area contributed by atoms with Crippen LogP contribution in [0.1, 0.15) is 55.2 Å². The summed E-state index contributed by atoms with van der Waals surface area (Å²) in [7, 11) is 0. The van der Waals surface area contributed by atoms with Crippen LogP contribution in [0.5, 0.6) is 0 Å². The van der Waals surface area contributed by atoms with Gasteiger partial charge < -0.3 is 10.4 Å². The average molecular weight is 632 g/mol. The van der Waals surface area contributed by atoms with E-state index in [0.717, 1.165) is 41.2 Å². The van der Waals surface area contributed by atoms with Crippen molar-refractivity contribution >= 4 is 28.5 Å². The number of hydrogen-bond donors (Lipinski definition) is 2. The quantitative estimate of drug-likeness (QED) is 0.224. The molecule has 1 amide bonds. The molecule has 2 N–H and O–H groups in total. The number of amides is 1. The second-order valence-electron chi connectivity index (χ2n) is 10.4. The lowest BCUT2D eigenvalue weighted by atomic mass is 9.77. The van der Waals surface area contributed by atoms with Crippen LogP contribution < -0.4 is 5.32 Å². The maximum absolute atomic E-state index is 13.7. The van der Waals surface area contributed by atoms with Gasteiger partial charge in [-0.3, -0.25) is 9.69 Å². The molecular formula is C28H33F4IN2O2. The molecule has 0 aromatic heterocycles. The van der Waals surface area contributed by atoms with Crippen LogP contribution in [0.3, 0.4) is 0 Å². The molecule has 1 atom stereocenters. The van der Waals surface area contributed by atoms with Crippen LogP contribution in [-0.4, -0.2) is 53.4 Å². The molecule has 9 heteroatoms. The zero-order chi connectivity index (χ0) is 26.7. The van der Waals surface area contributed by atoms with Gasteiger partial charge in [0.1, 0.15) is 5.82 Å². The van der Waals surface area contributed by atoms with E-state index in [1.165, 1.54) is 17.7 Å². The third-order valence-electron chi connectivity index (χ3n) is 8.10. The predicted octanol–water partition coefficient (Wildman–Crippen LogP) is 5.69. The maximum Gasteiger partial charge on any atom is 0.417 e.